The van der Waals surface area contributed by atoms with Gasteiger partial charge < -0.3 is 34.6 Å². The van der Waals surface area contributed by atoms with Crippen LogP contribution in [0.1, 0.15) is 21.5 Å². The summed E-state index contributed by atoms with van der Waals surface area (Å²) in [4.78, 5) is 23.1. The fraction of sp³-hybridized carbons (Fsp3) is 0.207. The molecule has 1 aliphatic heterocycles. The van der Waals surface area contributed by atoms with E-state index in [1.165, 1.54) is 0 Å². The Morgan fingerprint density at radius 3 is 2.49 bits per heavy atom. The fourth-order valence-corrected chi connectivity index (χ4v) is 4.77. The zero-order chi connectivity index (χ0) is 26.9. The average molecular weight is 526 g/mol. The van der Waals surface area contributed by atoms with Crippen molar-refractivity contribution in [3.63, 3.8) is 0 Å². The van der Waals surface area contributed by atoms with E-state index in [0.29, 0.717) is 64.0 Å². The van der Waals surface area contributed by atoms with E-state index in [9.17, 15) is 4.79 Å². The number of ether oxygens (including phenoxy) is 4. The molecule has 3 aromatic carbocycles. The van der Waals surface area contributed by atoms with Gasteiger partial charge in [-0.2, -0.15) is 0 Å². The summed E-state index contributed by atoms with van der Waals surface area (Å²) in [7, 11) is 3.21. The second-order valence-corrected chi connectivity index (χ2v) is 9.11. The number of para-hydroxylation sites is 2. The van der Waals surface area contributed by atoms with Gasteiger partial charge in [0.25, 0.3) is 5.91 Å². The van der Waals surface area contributed by atoms with Crippen molar-refractivity contribution in [3.8, 4) is 23.0 Å². The van der Waals surface area contributed by atoms with Crippen molar-refractivity contribution in [2.45, 2.75) is 19.5 Å². The number of hydrogen-bond acceptors (Lipinski definition) is 8. The van der Waals surface area contributed by atoms with Gasteiger partial charge in [0.2, 0.25) is 6.79 Å². The highest BCUT2D eigenvalue weighted by Gasteiger charge is 2.24. The molecule has 0 unspecified atom stereocenters. The van der Waals surface area contributed by atoms with Crippen molar-refractivity contribution in [1.29, 1.82) is 0 Å². The maximum Gasteiger partial charge on any atom is 0.257 e. The van der Waals surface area contributed by atoms with Crippen LogP contribution in [0.15, 0.2) is 60.7 Å². The summed E-state index contributed by atoms with van der Waals surface area (Å²) < 4.78 is 23.5. The monoisotopic (exact) mass is 525 g/mol. The highest BCUT2D eigenvalue weighted by molar-refractivity contribution is 6.10. The van der Waals surface area contributed by atoms with Gasteiger partial charge in [-0.1, -0.05) is 24.3 Å². The zero-order valence-corrected chi connectivity index (χ0v) is 21.6. The van der Waals surface area contributed by atoms with Crippen molar-refractivity contribution in [1.82, 2.24) is 19.9 Å². The lowest BCUT2D eigenvalue weighted by Gasteiger charge is -2.11. The molecule has 0 atom stereocenters. The Morgan fingerprint density at radius 1 is 0.949 bits per heavy atom. The number of amides is 1. The number of fused-ring (bicyclic) bond motifs is 3. The number of rotatable bonds is 8. The first kappa shape index (κ1) is 24.4. The predicted molar refractivity (Wildman–Crippen MR) is 146 cm³/mol. The molecule has 0 bridgehead atoms. The minimum absolute atomic E-state index is 0.192. The summed E-state index contributed by atoms with van der Waals surface area (Å²) in [5, 5.41) is 2.98. The standard InChI is InChI=1S/C29H27N5O5/c1-36-21-9-7-17(13-23(21)37-2)11-12-34-27(30)25(26-28(34)33-20-6-4-3-5-19(20)32-26)29(35)31-15-18-8-10-22-24(14-18)39-16-38-22/h3-10,13-14H,11-12,15-16,30H2,1-2H3,(H,31,35). The number of nitrogen functional groups attached to an aromatic ring is 1. The SMILES string of the molecule is COc1ccc(CCn2c(N)c(C(=O)NCc3ccc4c(c3)OCO4)c3nc4ccccc4nc32)cc1OC. The lowest BCUT2D eigenvalue weighted by molar-refractivity contribution is 0.0953. The van der Waals surface area contributed by atoms with E-state index in [4.69, 9.17) is 34.6 Å². The molecule has 0 aliphatic carbocycles. The second-order valence-electron chi connectivity index (χ2n) is 9.11. The number of aryl methyl sites for hydroxylation is 2. The predicted octanol–water partition coefficient (Wildman–Crippen LogP) is 4.09. The fourth-order valence-electron chi connectivity index (χ4n) is 4.77. The minimum Gasteiger partial charge on any atom is -0.493 e. The number of carbonyl (C=O) groups is 1. The van der Waals surface area contributed by atoms with Gasteiger partial charge in [-0.25, -0.2) is 9.97 Å². The molecule has 0 spiro atoms. The first-order valence-electron chi connectivity index (χ1n) is 12.5. The molecule has 3 heterocycles. The van der Waals surface area contributed by atoms with E-state index in [1.807, 2.05) is 65.2 Å². The molecule has 10 nitrogen and oxygen atoms in total. The van der Waals surface area contributed by atoms with Crippen molar-refractivity contribution in [2.24, 2.45) is 0 Å². The number of benzene rings is 3. The Labute approximate surface area is 224 Å². The molecule has 3 N–H and O–H groups in total. The maximum absolute atomic E-state index is 13.5. The number of carbonyl (C=O) groups excluding carboxylic acids is 1. The van der Waals surface area contributed by atoms with Crippen molar-refractivity contribution in [3.05, 3.63) is 77.4 Å². The maximum atomic E-state index is 13.5. The first-order chi connectivity index (χ1) is 19.1. The van der Waals surface area contributed by atoms with E-state index in [2.05, 4.69) is 5.32 Å². The number of aromatic nitrogens is 3. The van der Waals surface area contributed by atoms with Crippen LogP contribution in [-0.2, 0) is 19.5 Å². The highest BCUT2D eigenvalue weighted by atomic mass is 16.7. The number of anilines is 1. The third-order valence-electron chi connectivity index (χ3n) is 6.78. The molecule has 10 heteroatoms. The first-order valence-corrected chi connectivity index (χ1v) is 12.5. The van der Waals surface area contributed by atoms with E-state index < -0.39 is 0 Å². The number of nitrogens with two attached hydrogens (primary N) is 1. The average Bonchev–Trinajstić information content (AvgIpc) is 3.54. The van der Waals surface area contributed by atoms with Crippen LogP contribution in [0, 0.1) is 0 Å². The Balaban J connectivity index is 1.33. The molecule has 0 radical (unpaired) electrons. The van der Waals surface area contributed by atoms with Crippen LogP contribution >= 0.6 is 0 Å². The lowest BCUT2D eigenvalue weighted by Crippen LogP contribution is -2.24. The number of methoxy groups -OCH3 is 2. The second kappa shape index (κ2) is 10.1. The van der Waals surface area contributed by atoms with Crippen LogP contribution in [-0.4, -0.2) is 41.5 Å². The molecule has 198 valence electrons. The molecule has 0 saturated heterocycles. The molecular formula is C29H27N5O5. The summed E-state index contributed by atoms with van der Waals surface area (Å²) in [6, 6.07) is 18.9. The number of hydrogen-bond donors (Lipinski definition) is 2. The summed E-state index contributed by atoms with van der Waals surface area (Å²) in [6.07, 6.45) is 0.626. The summed E-state index contributed by atoms with van der Waals surface area (Å²) in [5.41, 5.74) is 11.3. The molecule has 5 aromatic rings. The van der Waals surface area contributed by atoms with Crippen LogP contribution in [0.3, 0.4) is 0 Å². The van der Waals surface area contributed by atoms with E-state index in [1.54, 1.807) is 14.2 Å². The smallest absolute Gasteiger partial charge is 0.257 e. The van der Waals surface area contributed by atoms with E-state index in [0.717, 1.165) is 16.6 Å². The highest BCUT2D eigenvalue weighted by Crippen LogP contribution is 2.33. The van der Waals surface area contributed by atoms with Gasteiger partial charge >= 0.3 is 0 Å². The van der Waals surface area contributed by atoms with E-state index >= 15 is 0 Å². The topological polar surface area (TPSA) is 123 Å². The van der Waals surface area contributed by atoms with Crippen LogP contribution in [0.5, 0.6) is 23.0 Å². The van der Waals surface area contributed by atoms with Gasteiger partial charge in [0.1, 0.15) is 16.9 Å². The van der Waals surface area contributed by atoms with Gasteiger partial charge in [0.05, 0.1) is 25.3 Å². The van der Waals surface area contributed by atoms with Gasteiger partial charge in [-0.05, 0) is 53.9 Å². The summed E-state index contributed by atoms with van der Waals surface area (Å²) >= 11 is 0. The number of nitrogens with one attached hydrogen (secondary N) is 1. The van der Waals surface area contributed by atoms with Crippen LogP contribution < -0.4 is 30.0 Å². The summed E-state index contributed by atoms with van der Waals surface area (Å²) in [5.74, 6) is 2.63. The molecular weight excluding hydrogens is 498 g/mol. The lowest BCUT2D eigenvalue weighted by atomic mass is 10.1. The van der Waals surface area contributed by atoms with Crippen molar-refractivity contribution >= 4 is 33.9 Å². The molecule has 0 saturated carbocycles. The quantitative estimate of drug-likeness (QED) is 0.311. The van der Waals surface area contributed by atoms with Gasteiger partial charge in [-0.15, -0.1) is 0 Å². The zero-order valence-electron chi connectivity index (χ0n) is 21.6. The number of nitrogens with zero attached hydrogens (tertiary/aromatic N) is 3. The Morgan fingerprint density at radius 2 is 1.69 bits per heavy atom. The van der Waals surface area contributed by atoms with Crippen LogP contribution in [0.2, 0.25) is 0 Å². The van der Waals surface area contributed by atoms with Crippen molar-refractivity contribution in [2.75, 3.05) is 26.7 Å². The van der Waals surface area contributed by atoms with Crippen LogP contribution in [0.25, 0.3) is 22.2 Å². The molecule has 1 aliphatic rings. The normalized spacial score (nSPS) is 12.2. The third-order valence-corrected chi connectivity index (χ3v) is 6.78. The molecule has 1 amide bonds. The Bertz CT molecular complexity index is 1710. The Kier molecular flexibility index (Phi) is 6.28. The molecule has 39 heavy (non-hydrogen) atoms. The Hall–Kier alpha value is -4.99. The van der Waals surface area contributed by atoms with Crippen molar-refractivity contribution < 1.29 is 23.7 Å². The molecule has 6 rings (SSSR count). The molecule has 0 fully saturated rings. The van der Waals surface area contributed by atoms with E-state index in [-0.39, 0.29) is 19.2 Å². The van der Waals surface area contributed by atoms with Gasteiger partial charge in [0.15, 0.2) is 28.6 Å². The van der Waals surface area contributed by atoms with Gasteiger partial charge in [-0.3, -0.25) is 4.79 Å². The minimum atomic E-state index is -0.329. The van der Waals surface area contributed by atoms with Gasteiger partial charge in [0, 0.05) is 13.1 Å². The molecule has 2 aromatic heterocycles. The summed E-state index contributed by atoms with van der Waals surface area (Å²) in [6.45, 7) is 0.964. The largest absolute Gasteiger partial charge is 0.493 e. The third kappa shape index (κ3) is 4.50. The van der Waals surface area contributed by atoms with Crippen LogP contribution in [0.4, 0.5) is 5.82 Å².